The zero-order chi connectivity index (χ0) is 18.4. The van der Waals surface area contributed by atoms with Crippen molar-refractivity contribution in [3.8, 4) is 27.8 Å². The van der Waals surface area contributed by atoms with Gasteiger partial charge in [0.25, 0.3) is 5.89 Å². The van der Waals surface area contributed by atoms with Crippen molar-refractivity contribution in [1.29, 1.82) is 0 Å². The summed E-state index contributed by atoms with van der Waals surface area (Å²) in [6, 6.07) is 18.1. The molecule has 0 bridgehead atoms. The van der Waals surface area contributed by atoms with Crippen LogP contribution in [0.25, 0.3) is 38.1 Å². The Kier molecular flexibility index (Phi) is 3.61. The first-order valence-electron chi connectivity index (χ1n) is 8.33. The number of hydrogen-bond donors (Lipinski definition) is 0. The number of hydrogen-bond acceptors (Lipinski definition) is 5. The normalized spacial score (nSPS) is 11.3. The maximum absolute atomic E-state index is 13.4. The number of aryl methyl sites for hydroxylation is 1. The molecule has 0 aliphatic rings. The second-order valence-corrected chi connectivity index (χ2v) is 7.13. The smallest absolute Gasteiger partial charge is 0.258 e. The van der Waals surface area contributed by atoms with Crippen LogP contribution in [0.2, 0.25) is 0 Å². The lowest BCUT2D eigenvalue weighted by atomic mass is 10.2. The number of nitrogens with zero attached hydrogens (tertiary/aromatic N) is 4. The van der Waals surface area contributed by atoms with Gasteiger partial charge < -0.3 is 4.52 Å². The van der Waals surface area contributed by atoms with Gasteiger partial charge in [-0.2, -0.15) is 10.1 Å². The molecule has 0 saturated heterocycles. The van der Waals surface area contributed by atoms with Crippen molar-refractivity contribution < 1.29 is 8.91 Å². The molecular weight excluding hydrogens is 363 g/mol. The molecule has 132 valence electrons. The van der Waals surface area contributed by atoms with Crippen molar-refractivity contribution in [2.75, 3.05) is 0 Å². The number of fused-ring (bicyclic) bond motifs is 1. The lowest BCUT2D eigenvalue weighted by molar-refractivity contribution is 0.432. The highest BCUT2D eigenvalue weighted by atomic mass is 32.1. The first kappa shape index (κ1) is 15.9. The summed E-state index contributed by atoms with van der Waals surface area (Å²) >= 11 is 1.55. The number of rotatable bonds is 3. The van der Waals surface area contributed by atoms with Crippen LogP contribution in [0.4, 0.5) is 4.39 Å². The molecule has 5 rings (SSSR count). The third-order valence-corrected chi connectivity index (χ3v) is 5.37. The van der Waals surface area contributed by atoms with Gasteiger partial charge in [0.1, 0.15) is 10.6 Å². The highest BCUT2D eigenvalue weighted by molar-refractivity contribution is 7.21. The van der Waals surface area contributed by atoms with E-state index in [1.807, 2.05) is 48.0 Å². The van der Waals surface area contributed by atoms with Crippen LogP contribution in [0.5, 0.6) is 0 Å². The monoisotopic (exact) mass is 376 g/mol. The summed E-state index contributed by atoms with van der Waals surface area (Å²) < 4.78 is 20.7. The Hall–Kier alpha value is -3.32. The van der Waals surface area contributed by atoms with Gasteiger partial charge in [0.05, 0.1) is 16.3 Å². The van der Waals surface area contributed by atoms with Crippen LogP contribution in [0, 0.1) is 12.7 Å². The Balaban J connectivity index is 1.59. The van der Waals surface area contributed by atoms with Crippen molar-refractivity contribution in [2.24, 2.45) is 0 Å². The third kappa shape index (κ3) is 2.72. The van der Waals surface area contributed by atoms with Crippen molar-refractivity contribution in [1.82, 2.24) is 19.9 Å². The van der Waals surface area contributed by atoms with Crippen LogP contribution < -0.4 is 0 Å². The van der Waals surface area contributed by atoms with E-state index in [1.54, 1.807) is 23.5 Å². The topological polar surface area (TPSA) is 56.7 Å². The minimum Gasteiger partial charge on any atom is -0.334 e. The number of benzene rings is 2. The van der Waals surface area contributed by atoms with Gasteiger partial charge in [-0.15, -0.1) is 11.3 Å². The zero-order valence-electron chi connectivity index (χ0n) is 14.3. The average molecular weight is 376 g/mol. The van der Waals surface area contributed by atoms with Crippen molar-refractivity contribution in [2.45, 2.75) is 6.92 Å². The van der Waals surface area contributed by atoms with Crippen LogP contribution in [-0.2, 0) is 0 Å². The predicted molar refractivity (Wildman–Crippen MR) is 102 cm³/mol. The van der Waals surface area contributed by atoms with Gasteiger partial charge in [-0.1, -0.05) is 29.4 Å². The maximum Gasteiger partial charge on any atom is 0.258 e. The van der Waals surface area contributed by atoms with E-state index in [9.17, 15) is 4.39 Å². The summed E-state index contributed by atoms with van der Waals surface area (Å²) in [6.45, 7) is 1.98. The molecule has 0 aliphatic carbocycles. The molecular formula is C20H13FN4OS. The molecule has 0 radical (unpaired) electrons. The molecule has 0 saturated carbocycles. The molecule has 7 heteroatoms. The zero-order valence-corrected chi connectivity index (χ0v) is 15.1. The largest absolute Gasteiger partial charge is 0.334 e. The van der Waals surface area contributed by atoms with Crippen LogP contribution in [0.15, 0.2) is 65.2 Å². The maximum atomic E-state index is 13.4. The van der Waals surface area contributed by atoms with Gasteiger partial charge in [-0.3, -0.25) is 0 Å². The second-order valence-electron chi connectivity index (χ2n) is 6.10. The van der Waals surface area contributed by atoms with Crippen LogP contribution in [0.3, 0.4) is 0 Å². The van der Waals surface area contributed by atoms with Gasteiger partial charge in [0, 0.05) is 10.9 Å². The fraction of sp³-hybridized carbons (Fsp3) is 0.0500. The minimum atomic E-state index is -0.340. The lowest BCUT2D eigenvalue weighted by Crippen LogP contribution is -1.94. The van der Waals surface area contributed by atoms with Crippen LogP contribution >= 0.6 is 11.3 Å². The molecule has 2 aromatic carbocycles. The van der Waals surface area contributed by atoms with E-state index >= 15 is 0 Å². The minimum absolute atomic E-state index is 0.295. The number of halogens is 1. The van der Waals surface area contributed by atoms with E-state index in [-0.39, 0.29) is 5.82 Å². The molecule has 0 N–H and O–H groups in total. The van der Waals surface area contributed by atoms with E-state index in [0.29, 0.717) is 17.3 Å². The molecule has 5 nitrogen and oxygen atoms in total. The Morgan fingerprint density at radius 1 is 1.04 bits per heavy atom. The average Bonchev–Trinajstić information content (AvgIpc) is 3.39. The molecule has 0 unspecified atom stereocenters. The van der Waals surface area contributed by atoms with E-state index in [1.165, 1.54) is 12.1 Å². The summed E-state index contributed by atoms with van der Waals surface area (Å²) in [4.78, 5) is 6.33. The molecule has 0 fully saturated rings. The summed E-state index contributed by atoms with van der Waals surface area (Å²) in [7, 11) is 0. The molecule has 5 aromatic rings. The van der Waals surface area contributed by atoms with Crippen LogP contribution in [0.1, 0.15) is 5.69 Å². The molecule has 0 amide bonds. The van der Waals surface area contributed by atoms with E-state index in [4.69, 9.17) is 4.52 Å². The van der Waals surface area contributed by atoms with Crippen molar-refractivity contribution in [3.05, 3.63) is 72.2 Å². The third-order valence-electron chi connectivity index (χ3n) is 4.26. The SMILES string of the molecule is Cc1nn(-c2ccccc2)c2sc(-c3noc(-c4cccc(F)c4)n3)cc12. The van der Waals surface area contributed by atoms with E-state index in [0.717, 1.165) is 26.5 Å². The molecule has 3 heterocycles. The molecule has 0 atom stereocenters. The quantitative estimate of drug-likeness (QED) is 0.431. The fourth-order valence-corrected chi connectivity index (χ4v) is 4.07. The van der Waals surface area contributed by atoms with Gasteiger partial charge in [-0.05, 0) is 43.3 Å². The lowest BCUT2D eigenvalue weighted by Gasteiger charge is -2.00. The summed E-state index contributed by atoms with van der Waals surface area (Å²) in [6.07, 6.45) is 0. The molecule has 27 heavy (non-hydrogen) atoms. The fourth-order valence-electron chi connectivity index (χ4n) is 2.96. The first-order chi connectivity index (χ1) is 13.2. The number of para-hydroxylation sites is 1. The second kappa shape index (κ2) is 6.14. The highest BCUT2D eigenvalue weighted by Gasteiger charge is 2.18. The van der Waals surface area contributed by atoms with Gasteiger partial charge >= 0.3 is 0 Å². The summed E-state index contributed by atoms with van der Waals surface area (Å²) in [5, 5.41) is 9.76. The van der Waals surface area contributed by atoms with Gasteiger partial charge in [0.2, 0.25) is 5.82 Å². The van der Waals surface area contributed by atoms with Crippen LogP contribution in [-0.4, -0.2) is 19.9 Å². The summed E-state index contributed by atoms with van der Waals surface area (Å²) in [5.41, 5.74) is 2.49. The molecule has 0 aliphatic heterocycles. The number of aromatic nitrogens is 4. The van der Waals surface area contributed by atoms with E-state index < -0.39 is 0 Å². The Bertz CT molecular complexity index is 1260. The molecule has 3 aromatic heterocycles. The van der Waals surface area contributed by atoms with Crippen molar-refractivity contribution in [3.63, 3.8) is 0 Å². The molecule has 0 spiro atoms. The van der Waals surface area contributed by atoms with E-state index in [2.05, 4.69) is 15.2 Å². The Morgan fingerprint density at radius 3 is 2.70 bits per heavy atom. The Labute approximate surface area is 157 Å². The Morgan fingerprint density at radius 2 is 1.89 bits per heavy atom. The number of thiophene rings is 1. The van der Waals surface area contributed by atoms with Gasteiger partial charge in [0.15, 0.2) is 0 Å². The highest BCUT2D eigenvalue weighted by Crippen LogP contribution is 2.35. The summed E-state index contributed by atoms with van der Waals surface area (Å²) in [5.74, 6) is 0.436. The van der Waals surface area contributed by atoms with Gasteiger partial charge in [-0.25, -0.2) is 9.07 Å². The first-order valence-corrected chi connectivity index (χ1v) is 9.15. The van der Waals surface area contributed by atoms with Crippen molar-refractivity contribution >= 4 is 21.6 Å². The standard InChI is InChI=1S/C20H13FN4OS/c1-12-16-11-17(27-20(16)25(23-12)15-8-3-2-4-9-15)18-22-19(26-24-18)13-6-5-7-14(21)10-13/h2-11H,1H3. The predicted octanol–water partition coefficient (Wildman–Crippen LogP) is 5.25.